The van der Waals surface area contributed by atoms with Crippen LogP contribution in [0.3, 0.4) is 0 Å². The van der Waals surface area contributed by atoms with Crippen LogP contribution in [0.2, 0.25) is 0 Å². The van der Waals surface area contributed by atoms with E-state index >= 15 is 0 Å². The maximum atomic E-state index is 13.8. The lowest BCUT2D eigenvalue weighted by Gasteiger charge is -2.21. The highest BCUT2D eigenvalue weighted by atomic mass is 32.1. The van der Waals surface area contributed by atoms with Crippen LogP contribution in [0.25, 0.3) is 11.4 Å². The second kappa shape index (κ2) is 8.35. The van der Waals surface area contributed by atoms with Crippen molar-refractivity contribution in [2.24, 2.45) is 0 Å². The van der Waals surface area contributed by atoms with E-state index in [2.05, 4.69) is 15.3 Å². The Kier molecular flexibility index (Phi) is 5.38. The van der Waals surface area contributed by atoms with Crippen molar-refractivity contribution in [1.82, 2.24) is 15.0 Å². The zero-order valence-corrected chi connectivity index (χ0v) is 18.5. The largest absolute Gasteiger partial charge is 0.496 e. The summed E-state index contributed by atoms with van der Waals surface area (Å²) in [6.07, 6.45) is 4.48. The number of hydrogen-bond acceptors (Lipinski definition) is 5. The molecule has 2 N–H and O–H groups in total. The van der Waals surface area contributed by atoms with Crippen molar-refractivity contribution in [3.8, 4) is 17.1 Å². The summed E-state index contributed by atoms with van der Waals surface area (Å²) < 4.78 is 33.2. The molecule has 2 aromatic carbocycles. The molecule has 5 nitrogen and oxygen atoms in total. The molecule has 0 spiro atoms. The second-order valence-electron chi connectivity index (χ2n) is 7.93. The first kappa shape index (κ1) is 20.6. The predicted molar refractivity (Wildman–Crippen MR) is 122 cm³/mol. The van der Waals surface area contributed by atoms with Crippen molar-refractivity contribution in [3.63, 3.8) is 0 Å². The fourth-order valence-corrected chi connectivity index (χ4v) is 5.30. The van der Waals surface area contributed by atoms with Crippen LogP contribution in [0.5, 0.6) is 5.75 Å². The summed E-state index contributed by atoms with van der Waals surface area (Å²) in [5.74, 6) is 0.230. The number of fused-ring (bicyclic) bond motifs is 1. The molecule has 0 aliphatic heterocycles. The van der Waals surface area contributed by atoms with Crippen molar-refractivity contribution < 1.29 is 13.5 Å². The number of aromatic amines is 1. The highest BCUT2D eigenvalue weighted by Crippen LogP contribution is 2.41. The molecular formula is C24H22F2N4OS. The zero-order valence-electron chi connectivity index (χ0n) is 17.7. The van der Waals surface area contributed by atoms with Crippen LogP contribution in [-0.4, -0.2) is 22.1 Å². The summed E-state index contributed by atoms with van der Waals surface area (Å²) in [5, 5.41) is 4.12. The van der Waals surface area contributed by atoms with Gasteiger partial charge in [0.15, 0.2) is 5.13 Å². The molecular weight excluding hydrogens is 430 g/mol. The van der Waals surface area contributed by atoms with Crippen molar-refractivity contribution in [1.29, 1.82) is 0 Å². The molecule has 1 aliphatic rings. The average Bonchev–Trinajstić information content (AvgIpc) is 3.38. The molecule has 0 saturated heterocycles. The number of benzene rings is 2. The number of hydrogen-bond donors (Lipinski definition) is 2. The van der Waals surface area contributed by atoms with Gasteiger partial charge >= 0.3 is 0 Å². The van der Waals surface area contributed by atoms with E-state index in [9.17, 15) is 8.78 Å². The van der Waals surface area contributed by atoms with E-state index in [4.69, 9.17) is 9.72 Å². The smallest absolute Gasteiger partial charge is 0.187 e. The van der Waals surface area contributed by atoms with Gasteiger partial charge < -0.3 is 15.0 Å². The monoisotopic (exact) mass is 452 g/mol. The van der Waals surface area contributed by atoms with Gasteiger partial charge in [-0.2, -0.15) is 0 Å². The van der Waals surface area contributed by atoms with Crippen LogP contribution < -0.4 is 10.1 Å². The predicted octanol–water partition coefficient (Wildman–Crippen LogP) is 6.34. The number of halogens is 2. The Morgan fingerprint density at radius 2 is 1.97 bits per heavy atom. The van der Waals surface area contributed by atoms with E-state index in [1.165, 1.54) is 12.1 Å². The molecule has 1 aliphatic carbocycles. The summed E-state index contributed by atoms with van der Waals surface area (Å²) in [4.78, 5) is 13.6. The molecule has 4 aromatic rings. The number of imidazole rings is 1. The lowest BCUT2D eigenvalue weighted by molar-refractivity contribution is 0.416. The van der Waals surface area contributed by atoms with E-state index < -0.39 is 11.6 Å². The third-order valence-electron chi connectivity index (χ3n) is 5.65. The number of nitrogens with one attached hydrogen (secondary N) is 2. The van der Waals surface area contributed by atoms with Crippen LogP contribution in [0.4, 0.5) is 19.6 Å². The van der Waals surface area contributed by atoms with Gasteiger partial charge in [-0.05, 0) is 56.0 Å². The van der Waals surface area contributed by atoms with Gasteiger partial charge in [-0.15, -0.1) is 11.3 Å². The first-order valence-corrected chi connectivity index (χ1v) is 11.2. The fourth-order valence-electron chi connectivity index (χ4n) is 4.21. The number of aryl methyl sites for hydroxylation is 2. The first-order chi connectivity index (χ1) is 15.5. The number of anilines is 2. The van der Waals surface area contributed by atoms with E-state index in [0.717, 1.165) is 63.8 Å². The van der Waals surface area contributed by atoms with Gasteiger partial charge in [-0.1, -0.05) is 0 Å². The Labute approximate surface area is 188 Å². The summed E-state index contributed by atoms with van der Waals surface area (Å²) in [6.45, 7) is 1.95. The maximum absolute atomic E-state index is 13.8. The Morgan fingerprint density at radius 3 is 2.69 bits per heavy atom. The van der Waals surface area contributed by atoms with E-state index in [0.29, 0.717) is 11.3 Å². The molecule has 2 aromatic heterocycles. The Hall–Kier alpha value is -3.26. The van der Waals surface area contributed by atoms with Gasteiger partial charge in [0.05, 0.1) is 18.4 Å². The Bertz CT molecular complexity index is 1260. The third kappa shape index (κ3) is 3.98. The van der Waals surface area contributed by atoms with Crippen molar-refractivity contribution in [3.05, 3.63) is 76.1 Å². The number of ether oxygens (including phenoxy) is 1. The Morgan fingerprint density at radius 1 is 1.16 bits per heavy atom. The van der Waals surface area contributed by atoms with E-state index in [1.807, 2.05) is 25.1 Å². The van der Waals surface area contributed by atoms with Crippen LogP contribution in [0.15, 0.2) is 42.6 Å². The topological polar surface area (TPSA) is 62.8 Å². The fraction of sp³-hybridized carbons (Fsp3) is 0.250. The molecule has 0 saturated carbocycles. The molecule has 1 unspecified atom stereocenters. The number of aromatic nitrogens is 3. The molecule has 2 heterocycles. The molecule has 0 bridgehead atoms. The summed E-state index contributed by atoms with van der Waals surface area (Å²) >= 11 is 1.59. The number of H-pyrrole nitrogens is 1. The van der Waals surface area contributed by atoms with Gasteiger partial charge in [0.2, 0.25) is 0 Å². The number of methoxy groups -OCH3 is 1. The summed E-state index contributed by atoms with van der Waals surface area (Å²) in [6, 6.07) is 9.54. The van der Waals surface area contributed by atoms with E-state index in [1.54, 1.807) is 24.6 Å². The highest BCUT2D eigenvalue weighted by molar-refractivity contribution is 7.15. The zero-order chi connectivity index (χ0) is 22.2. The van der Waals surface area contributed by atoms with Crippen LogP contribution >= 0.6 is 11.3 Å². The lowest BCUT2D eigenvalue weighted by atomic mass is 9.85. The van der Waals surface area contributed by atoms with Crippen molar-refractivity contribution >= 4 is 22.2 Å². The lowest BCUT2D eigenvalue weighted by Crippen LogP contribution is -2.10. The highest BCUT2D eigenvalue weighted by Gasteiger charge is 2.27. The van der Waals surface area contributed by atoms with Crippen LogP contribution in [0.1, 0.15) is 40.6 Å². The standard InChI is InChI=1S/C24H22F2N4OS/c1-13-12-27-23(28-13)19-7-6-17(11-20(19)31-2)29-24-30-22-18(4-3-5-21(22)32-24)14-8-15(25)10-16(26)9-14/h6-12,18H,3-5H2,1-2H3,(H,27,28)(H,29,30). The first-order valence-electron chi connectivity index (χ1n) is 10.4. The average molecular weight is 453 g/mol. The van der Waals surface area contributed by atoms with Gasteiger partial charge in [-0.25, -0.2) is 18.7 Å². The minimum absolute atomic E-state index is 0.102. The van der Waals surface area contributed by atoms with Crippen molar-refractivity contribution in [2.45, 2.75) is 32.1 Å². The second-order valence-corrected chi connectivity index (χ2v) is 9.01. The molecule has 32 heavy (non-hydrogen) atoms. The molecule has 0 amide bonds. The molecule has 1 atom stereocenters. The normalized spacial score (nSPS) is 15.4. The summed E-state index contributed by atoms with van der Waals surface area (Å²) in [5.41, 5.74) is 4.24. The van der Waals surface area contributed by atoms with Gasteiger partial charge in [0, 0.05) is 40.5 Å². The molecule has 5 rings (SSSR count). The van der Waals surface area contributed by atoms with Gasteiger partial charge in [-0.3, -0.25) is 0 Å². The van der Waals surface area contributed by atoms with Crippen molar-refractivity contribution in [2.75, 3.05) is 12.4 Å². The minimum Gasteiger partial charge on any atom is -0.496 e. The molecule has 164 valence electrons. The number of rotatable bonds is 5. The minimum atomic E-state index is -0.556. The van der Waals surface area contributed by atoms with Gasteiger partial charge in [0.25, 0.3) is 0 Å². The molecule has 0 radical (unpaired) electrons. The number of nitrogens with zero attached hydrogens (tertiary/aromatic N) is 2. The van der Waals surface area contributed by atoms with Crippen LogP contribution in [0, 0.1) is 18.6 Å². The van der Waals surface area contributed by atoms with Gasteiger partial charge in [0.1, 0.15) is 23.2 Å². The maximum Gasteiger partial charge on any atom is 0.187 e. The molecule has 0 fully saturated rings. The molecule has 8 heteroatoms. The summed E-state index contributed by atoms with van der Waals surface area (Å²) in [7, 11) is 1.63. The third-order valence-corrected chi connectivity index (χ3v) is 6.70. The van der Waals surface area contributed by atoms with Crippen LogP contribution in [-0.2, 0) is 6.42 Å². The van der Waals surface area contributed by atoms with E-state index in [-0.39, 0.29) is 5.92 Å². The Balaban J connectivity index is 1.43. The SMILES string of the molecule is COc1cc(Nc2nc3c(s2)CCCC3c2cc(F)cc(F)c2)ccc1-c1ncc(C)[nH]1. The number of thiazole rings is 1. The quantitative estimate of drug-likeness (QED) is 0.371.